The first-order valence-electron chi connectivity index (χ1n) is 11.2. The number of hydrogen-bond acceptors (Lipinski definition) is 4. The number of carboxylic acid groups (broad SMARTS) is 1. The molecule has 1 aromatic heterocycles. The SMILES string of the molecule is Cc1cc(COc2ccc3c(c2)OCCC3CC(=O)O)cc2cn(Cc3ccccc3)nc12. The summed E-state index contributed by atoms with van der Waals surface area (Å²) in [6.07, 6.45) is 2.92. The Labute approximate surface area is 192 Å². The van der Waals surface area contributed by atoms with Gasteiger partial charge >= 0.3 is 5.97 Å². The van der Waals surface area contributed by atoms with Gasteiger partial charge in [-0.25, -0.2) is 0 Å². The number of fused-ring (bicyclic) bond motifs is 2. The Balaban J connectivity index is 1.31. The molecule has 0 saturated heterocycles. The maximum absolute atomic E-state index is 11.1. The third-order valence-corrected chi connectivity index (χ3v) is 6.07. The predicted molar refractivity (Wildman–Crippen MR) is 126 cm³/mol. The maximum Gasteiger partial charge on any atom is 0.303 e. The van der Waals surface area contributed by atoms with Gasteiger partial charge in [0.15, 0.2) is 0 Å². The third kappa shape index (κ3) is 4.70. The summed E-state index contributed by atoms with van der Waals surface area (Å²) >= 11 is 0. The van der Waals surface area contributed by atoms with Crippen molar-refractivity contribution >= 4 is 16.9 Å². The first-order valence-corrected chi connectivity index (χ1v) is 11.2. The molecule has 4 aromatic rings. The largest absolute Gasteiger partial charge is 0.493 e. The van der Waals surface area contributed by atoms with Crippen LogP contribution in [0.25, 0.3) is 10.9 Å². The fourth-order valence-electron chi connectivity index (χ4n) is 4.49. The minimum Gasteiger partial charge on any atom is -0.493 e. The average molecular weight is 443 g/mol. The topological polar surface area (TPSA) is 73.6 Å². The standard InChI is InChI=1S/C27H26N2O4/c1-18-11-20(12-22-16-29(28-27(18)22)15-19-5-3-2-4-6-19)17-33-23-7-8-24-21(13-26(30)31)9-10-32-25(24)14-23/h2-8,11-12,14,16,21H,9-10,13,15,17H2,1H3,(H,30,31). The second kappa shape index (κ2) is 8.98. The Morgan fingerprint density at radius 1 is 1.15 bits per heavy atom. The van der Waals surface area contributed by atoms with Crippen molar-refractivity contribution in [3.63, 3.8) is 0 Å². The summed E-state index contributed by atoms with van der Waals surface area (Å²) in [5.74, 6) is 0.630. The van der Waals surface area contributed by atoms with E-state index in [0.29, 0.717) is 19.0 Å². The van der Waals surface area contributed by atoms with Crippen LogP contribution in [0.4, 0.5) is 0 Å². The first-order chi connectivity index (χ1) is 16.0. The van der Waals surface area contributed by atoms with Crippen LogP contribution in [0, 0.1) is 6.92 Å². The summed E-state index contributed by atoms with van der Waals surface area (Å²) in [6, 6.07) is 20.2. The van der Waals surface area contributed by atoms with Crippen molar-refractivity contribution in [1.29, 1.82) is 0 Å². The molecule has 5 rings (SSSR count). The highest BCUT2D eigenvalue weighted by Crippen LogP contribution is 2.38. The van der Waals surface area contributed by atoms with Crippen LogP contribution in [0.2, 0.25) is 0 Å². The molecule has 1 aliphatic heterocycles. The molecule has 0 spiro atoms. The fourth-order valence-corrected chi connectivity index (χ4v) is 4.49. The van der Waals surface area contributed by atoms with E-state index in [-0.39, 0.29) is 12.3 Å². The van der Waals surface area contributed by atoms with Gasteiger partial charge in [0.2, 0.25) is 0 Å². The molecule has 0 aliphatic carbocycles. The summed E-state index contributed by atoms with van der Waals surface area (Å²) in [7, 11) is 0. The molecule has 0 radical (unpaired) electrons. The van der Waals surface area contributed by atoms with Gasteiger partial charge in [0.25, 0.3) is 0 Å². The first kappa shape index (κ1) is 21.1. The number of aliphatic carboxylic acids is 1. The molecular weight excluding hydrogens is 416 g/mol. The van der Waals surface area contributed by atoms with Crippen LogP contribution >= 0.6 is 0 Å². The predicted octanol–water partition coefficient (Wildman–Crippen LogP) is 5.31. The number of rotatable bonds is 7. The van der Waals surface area contributed by atoms with E-state index in [2.05, 4.69) is 37.4 Å². The molecule has 1 unspecified atom stereocenters. The van der Waals surface area contributed by atoms with Crippen LogP contribution in [0.15, 0.2) is 66.9 Å². The molecule has 6 nitrogen and oxygen atoms in total. The molecule has 2 heterocycles. The zero-order valence-corrected chi connectivity index (χ0v) is 18.5. The van der Waals surface area contributed by atoms with Crippen LogP contribution in [0.5, 0.6) is 11.5 Å². The molecule has 0 bridgehead atoms. The number of hydrogen-bond donors (Lipinski definition) is 1. The monoisotopic (exact) mass is 442 g/mol. The van der Waals surface area contributed by atoms with Crippen LogP contribution in [-0.2, 0) is 17.9 Å². The van der Waals surface area contributed by atoms with Gasteiger partial charge in [-0.1, -0.05) is 42.5 Å². The van der Waals surface area contributed by atoms with E-state index in [0.717, 1.165) is 46.3 Å². The number of carboxylic acids is 1. The third-order valence-electron chi connectivity index (χ3n) is 6.07. The molecule has 168 valence electrons. The summed E-state index contributed by atoms with van der Waals surface area (Å²) in [4.78, 5) is 11.1. The number of benzene rings is 3. The van der Waals surface area contributed by atoms with Crippen molar-refractivity contribution in [1.82, 2.24) is 9.78 Å². The van der Waals surface area contributed by atoms with E-state index in [4.69, 9.17) is 19.7 Å². The van der Waals surface area contributed by atoms with E-state index >= 15 is 0 Å². The van der Waals surface area contributed by atoms with Crippen molar-refractivity contribution in [2.24, 2.45) is 0 Å². The Hall–Kier alpha value is -3.80. The Morgan fingerprint density at radius 2 is 2.00 bits per heavy atom. The normalized spacial score (nSPS) is 15.1. The Morgan fingerprint density at radius 3 is 2.82 bits per heavy atom. The van der Waals surface area contributed by atoms with Crippen LogP contribution < -0.4 is 9.47 Å². The van der Waals surface area contributed by atoms with Gasteiger partial charge in [-0.05, 0) is 47.7 Å². The van der Waals surface area contributed by atoms with E-state index in [9.17, 15) is 4.79 Å². The lowest BCUT2D eigenvalue weighted by Crippen LogP contribution is -2.17. The molecule has 0 fully saturated rings. The molecule has 1 aliphatic rings. The van der Waals surface area contributed by atoms with Crippen molar-refractivity contribution in [3.8, 4) is 11.5 Å². The lowest BCUT2D eigenvalue weighted by atomic mass is 9.90. The van der Waals surface area contributed by atoms with Gasteiger partial charge in [-0.15, -0.1) is 0 Å². The van der Waals surface area contributed by atoms with Crippen molar-refractivity contribution < 1.29 is 19.4 Å². The number of ether oxygens (including phenoxy) is 2. The van der Waals surface area contributed by atoms with Crippen molar-refractivity contribution in [2.45, 2.75) is 38.8 Å². The van der Waals surface area contributed by atoms with E-state index in [1.165, 1.54) is 5.56 Å². The molecule has 1 N–H and O–H groups in total. The number of nitrogens with zero attached hydrogens (tertiary/aromatic N) is 2. The van der Waals surface area contributed by atoms with Crippen LogP contribution in [0.1, 0.15) is 41.0 Å². The maximum atomic E-state index is 11.1. The molecule has 33 heavy (non-hydrogen) atoms. The second-order valence-corrected chi connectivity index (χ2v) is 8.58. The van der Waals surface area contributed by atoms with Crippen molar-refractivity contribution in [3.05, 3.63) is 89.1 Å². The lowest BCUT2D eigenvalue weighted by Gasteiger charge is -2.25. The second-order valence-electron chi connectivity index (χ2n) is 8.58. The van der Waals surface area contributed by atoms with Gasteiger partial charge in [0.05, 0.1) is 25.1 Å². The minimum atomic E-state index is -0.786. The summed E-state index contributed by atoms with van der Waals surface area (Å²) in [5, 5.41) is 15.0. The summed E-state index contributed by atoms with van der Waals surface area (Å²) < 4.78 is 13.8. The molecular formula is C27H26N2O4. The van der Waals surface area contributed by atoms with Gasteiger partial charge in [0, 0.05) is 23.6 Å². The average Bonchev–Trinajstić information content (AvgIpc) is 3.21. The minimum absolute atomic E-state index is 0.0159. The summed E-state index contributed by atoms with van der Waals surface area (Å²) in [6.45, 7) is 3.76. The highest BCUT2D eigenvalue weighted by Gasteiger charge is 2.24. The van der Waals surface area contributed by atoms with Gasteiger partial charge < -0.3 is 14.6 Å². The molecule has 0 saturated carbocycles. The zero-order valence-electron chi connectivity index (χ0n) is 18.5. The summed E-state index contributed by atoms with van der Waals surface area (Å²) in [5.41, 5.74) is 5.34. The Kier molecular flexibility index (Phi) is 5.73. The number of aryl methyl sites for hydroxylation is 1. The van der Waals surface area contributed by atoms with Crippen LogP contribution in [0.3, 0.4) is 0 Å². The van der Waals surface area contributed by atoms with Crippen molar-refractivity contribution in [2.75, 3.05) is 6.61 Å². The van der Waals surface area contributed by atoms with E-state index in [1.807, 2.05) is 41.1 Å². The van der Waals surface area contributed by atoms with E-state index in [1.54, 1.807) is 0 Å². The number of carbonyl (C=O) groups is 1. The van der Waals surface area contributed by atoms with Gasteiger partial charge in [-0.3, -0.25) is 9.48 Å². The molecule has 0 amide bonds. The Bertz CT molecular complexity index is 1300. The van der Waals surface area contributed by atoms with E-state index < -0.39 is 5.97 Å². The molecule has 3 aromatic carbocycles. The van der Waals surface area contributed by atoms with Gasteiger partial charge in [0.1, 0.15) is 18.1 Å². The highest BCUT2D eigenvalue weighted by molar-refractivity contribution is 5.82. The fraction of sp³-hybridized carbons (Fsp3) is 0.259. The zero-order chi connectivity index (χ0) is 22.8. The molecule has 1 atom stereocenters. The van der Waals surface area contributed by atoms with Gasteiger partial charge in [-0.2, -0.15) is 5.10 Å². The smallest absolute Gasteiger partial charge is 0.303 e. The molecule has 6 heteroatoms. The lowest BCUT2D eigenvalue weighted by molar-refractivity contribution is -0.137. The quantitative estimate of drug-likeness (QED) is 0.420. The number of aromatic nitrogens is 2. The highest BCUT2D eigenvalue weighted by atomic mass is 16.5. The van der Waals surface area contributed by atoms with Crippen LogP contribution in [-0.4, -0.2) is 27.5 Å².